The summed E-state index contributed by atoms with van der Waals surface area (Å²) < 4.78 is 0. The molecule has 1 heterocycles. The topological polar surface area (TPSA) is 65.7 Å². The van der Waals surface area contributed by atoms with Gasteiger partial charge in [-0.15, -0.1) is 0 Å². The summed E-state index contributed by atoms with van der Waals surface area (Å²) in [5, 5.41) is 23.6. The summed E-state index contributed by atoms with van der Waals surface area (Å²) in [6.07, 6.45) is 1.70. The fourth-order valence-corrected chi connectivity index (χ4v) is 7.55. The summed E-state index contributed by atoms with van der Waals surface area (Å²) in [4.78, 5) is 9.63. The molecule has 4 nitrogen and oxygen atoms in total. The lowest BCUT2D eigenvalue weighted by Gasteiger charge is -2.30. The third-order valence-electron chi connectivity index (χ3n) is 9.36. The molecule has 0 unspecified atom stereocenters. The van der Waals surface area contributed by atoms with E-state index in [4.69, 9.17) is 9.98 Å². The number of aliphatic imine (C=N–C) groups is 1. The standard InChI is InChI=1S/C41H26N2O2/c44-38-21-8-11-25-10-7-20-37(40(25)38)42-24-26-12-9-19-36(43-26)31-22-35-30(23-39(31)45)29-15-3-6-18-34(29)41(35)32-16-4-1-13-27(32)28-14-2-5-17-33(28)41/h1-24,44-45H. The van der Waals surface area contributed by atoms with Gasteiger partial charge in [0.25, 0.3) is 0 Å². The highest BCUT2D eigenvalue weighted by molar-refractivity contribution is 5.99. The van der Waals surface area contributed by atoms with Crippen LogP contribution in [-0.4, -0.2) is 21.4 Å². The molecule has 9 rings (SSSR count). The number of fused-ring (bicyclic) bond motifs is 11. The van der Waals surface area contributed by atoms with Gasteiger partial charge in [-0.25, -0.2) is 4.98 Å². The average Bonchev–Trinajstić information content (AvgIpc) is 3.54. The molecule has 0 fully saturated rings. The number of aromatic nitrogens is 1. The van der Waals surface area contributed by atoms with Crippen LogP contribution in [0.3, 0.4) is 0 Å². The van der Waals surface area contributed by atoms with Gasteiger partial charge in [-0.1, -0.05) is 103 Å². The molecule has 0 saturated carbocycles. The minimum Gasteiger partial charge on any atom is -0.507 e. The highest BCUT2D eigenvalue weighted by Gasteiger charge is 2.51. The van der Waals surface area contributed by atoms with Crippen molar-refractivity contribution in [1.82, 2.24) is 4.98 Å². The lowest BCUT2D eigenvalue weighted by Crippen LogP contribution is -2.25. The molecule has 0 saturated heterocycles. The summed E-state index contributed by atoms with van der Waals surface area (Å²) in [6, 6.07) is 46.9. The Balaban J connectivity index is 1.22. The number of hydrogen-bond donors (Lipinski definition) is 2. The van der Waals surface area contributed by atoms with Crippen LogP contribution in [0.1, 0.15) is 27.9 Å². The zero-order chi connectivity index (χ0) is 30.1. The van der Waals surface area contributed by atoms with Crippen LogP contribution in [0, 0.1) is 0 Å². The Bertz CT molecular complexity index is 2320. The van der Waals surface area contributed by atoms with Gasteiger partial charge < -0.3 is 10.2 Å². The van der Waals surface area contributed by atoms with E-state index in [0.29, 0.717) is 28.0 Å². The molecule has 0 aliphatic heterocycles. The predicted octanol–water partition coefficient (Wildman–Crippen LogP) is 9.41. The van der Waals surface area contributed by atoms with Gasteiger partial charge in [-0.2, -0.15) is 0 Å². The fourth-order valence-electron chi connectivity index (χ4n) is 7.55. The van der Waals surface area contributed by atoms with Crippen LogP contribution >= 0.6 is 0 Å². The van der Waals surface area contributed by atoms with E-state index in [1.807, 2.05) is 54.6 Å². The van der Waals surface area contributed by atoms with Crippen molar-refractivity contribution < 1.29 is 10.2 Å². The first-order chi connectivity index (χ1) is 22.1. The van der Waals surface area contributed by atoms with Crippen molar-refractivity contribution in [1.29, 1.82) is 0 Å². The molecule has 0 atom stereocenters. The van der Waals surface area contributed by atoms with E-state index in [2.05, 4.69) is 78.9 Å². The molecule has 2 aliphatic rings. The molecule has 45 heavy (non-hydrogen) atoms. The van der Waals surface area contributed by atoms with E-state index in [1.54, 1.807) is 12.3 Å². The lowest BCUT2D eigenvalue weighted by atomic mass is 9.70. The van der Waals surface area contributed by atoms with Crippen LogP contribution in [-0.2, 0) is 5.41 Å². The summed E-state index contributed by atoms with van der Waals surface area (Å²) in [7, 11) is 0. The van der Waals surface area contributed by atoms with E-state index in [1.165, 1.54) is 27.8 Å². The van der Waals surface area contributed by atoms with Crippen molar-refractivity contribution in [3.63, 3.8) is 0 Å². The number of pyridine rings is 1. The van der Waals surface area contributed by atoms with E-state index >= 15 is 0 Å². The third-order valence-corrected chi connectivity index (χ3v) is 9.36. The van der Waals surface area contributed by atoms with Crippen LogP contribution < -0.4 is 0 Å². The number of phenolic OH excluding ortho intramolecular Hbond substituents is 2. The predicted molar refractivity (Wildman–Crippen MR) is 181 cm³/mol. The van der Waals surface area contributed by atoms with Crippen molar-refractivity contribution >= 4 is 22.7 Å². The zero-order valence-corrected chi connectivity index (χ0v) is 24.1. The average molecular weight is 579 g/mol. The molecule has 1 aromatic heterocycles. The van der Waals surface area contributed by atoms with Gasteiger partial charge in [-0.05, 0) is 86.3 Å². The van der Waals surface area contributed by atoms with Crippen molar-refractivity contribution in [2.24, 2.45) is 4.99 Å². The summed E-state index contributed by atoms with van der Waals surface area (Å²) in [5.41, 5.74) is 11.6. The Kier molecular flexibility index (Phi) is 5.38. The highest BCUT2D eigenvalue weighted by Crippen LogP contribution is 2.63. The Hall–Kier alpha value is -6.00. The smallest absolute Gasteiger partial charge is 0.125 e. The second-order valence-electron chi connectivity index (χ2n) is 11.7. The first-order valence-electron chi connectivity index (χ1n) is 15.0. The monoisotopic (exact) mass is 578 g/mol. The van der Waals surface area contributed by atoms with Gasteiger partial charge in [0, 0.05) is 10.9 Å². The summed E-state index contributed by atoms with van der Waals surface area (Å²) in [6.45, 7) is 0. The first kappa shape index (κ1) is 25.5. The number of nitrogens with zero attached hydrogens (tertiary/aromatic N) is 2. The number of phenols is 2. The molecule has 212 valence electrons. The van der Waals surface area contributed by atoms with E-state index in [0.717, 1.165) is 22.1 Å². The normalized spacial score (nSPS) is 13.6. The van der Waals surface area contributed by atoms with Gasteiger partial charge in [0.1, 0.15) is 11.5 Å². The molecule has 1 spiro atoms. The maximum Gasteiger partial charge on any atom is 0.125 e. The van der Waals surface area contributed by atoms with Crippen LogP contribution in [0.2, 0.25) is 0 Å². The number of rotatable bonds is 3. The van der Waals surface area contributed by atoms with Gasteiger partial charge in [0.05, 0.1) is 28.7 Å². The molecular formula is C41H26N2O2. The van der Waals surface area contributed by atoms with Crippen LogP contribution in [0.15, 0.2) is 145 Å². The number of benzene rings is 6. The molecule has 6 aromatic carbocycles. The first-order valence-corrected chi connectivity index (χ1v) is 15.0. The highest BCUT2D eigenvalue weighted by atomic mass is 16.3. The second kappa shape index (κ2) is 9.50. The zero-order valence-electron chi connectivity index (χ0n) is 24.1. The molecule has 2 N–H and O–H groups in total. The molecule has 0 amide bonds. The molecule has 0 bridgehead atoms. The van der Waals surface area contributed by atoms with Crippen molar-refractivity contribution in [3.05, 3.63) is 167 Å². The summed E-state index contributed by atoms with van der Waals surface area (Å²) >= 11 is 0. The fraction of sp³-hybridized carbons (Fsp3) is 0.0244. The molecule has 2 aliphatic carbocycles. The minimum atomic E-state index is -0.503. The SMILES string of the molecule is Oc1cc2c(cc1-c1cccc(C=Nc3cccc4cccc(O)c34)n1)C1(c3ccccc3-c3ccccc31)c1ccccc1-2. The molecule has 7 aromatic rings. The van der Waals surface area contributed by atoms with E-state index in [9.17, 15) is 10.2 Å². The number of hydrogen-bond acceptors (Lipinski definition) is 4. The maximum absolute atomic E-state index is 11.5. The van der Waals surface area contributed by atoms with Crippen LogP contribution in [0.4, 0.5) is 5.69 Å². The van der Waals surface area contributed by atoms with Crippen molar-refractivity contribution in [2.45, 2.75) is 5.41 Å². The van der Waals surface area contributed by atoms with Gasteiger partial charge in [0.15, 0.2) is 0 Å². The van der Waals surface area contributed by atoms with Gasteiger partial charge >= 0.3 is 0 Å². The van der Waals surface area contributed by atoms with E-state index < -0.39 is 5.41 Å². The third kappa shape index (κ3) is 3.54. The maximum atomic E-state index is 11.5. The molecule has 0 radical (unpaired) electrons. The number of aromatic hydroxyl groups is 2. The quantitative estimate of drug-likeness (QED) is 0.205. The van der Waals surface area contributed by atoms with Gasteiger partial charge in [-0.3, -0.25) is 4.99 Å². The van der Waals surface area contributed by atoms with Gasteiger partial charge in [0.2, 0.25) is 0 Å². The lowest BCUT2D eigenvalue weighted by molar-refractivity contribution is 0.477. The Labute approximate surface area is 260 Å². The summed E-state index contributed by atoms with van der Waals surface area (Å²) in [5.74, 6) is 0.371. The van der Waals surface area contributed by atoms with E-state index in [-0.39, 0.29) is 11.5 Å². The van der Waals surface area contributed by atoms with Crippen molar-refractivity contribution in [2.75, 3.05) is 0 Å². The Morgan fingerprint density at radius 2 is 1.11 bits per heavy atom. The molecule has 4 heteroatoms. The minimum absolute atomic E-state index is 0.181. The molecular weight excluding hydrogens is 552 g/mol. The van der Waals surface area contributed by atoms with Crippen LogP contribution in [0.25, 0.3) is 44.3 Å². The largest absolute Gasteiger partial charge is 0.507 e. The van der Waals surface area contributed by atoms with Crippen LogP contribution in [0.5, 0.6) is 11.5 Å². The second-order valence-corrected chi connectivity index (χ2v) is 11.7. The Morgan fingerprint density at radius 3 is 1.80 bits per heavy atom. The van der Waals surface area contributed by atoms with Crippen molar-refractivity contribution in [3.8, 4) is 45.0 Å². The Morgan fingerprint density at radius 1 is 0.511 bits per heavy atom.